The Labute approximate surface area is 320 Å². The number of nitrogens with zero attached hydrogens (tertiary/aromatic N) is 2. The molecule has 0 spiro atoms. The highest BCUT2D eigenvalue weighted by molar-refractivity contribution is 6.09. The summed E-state index contributed by atoms with van der Waals surface area (Å²) in [6.07, 6.45) is 0. The van der Waals surface area contributed by atoms with Crippen LogP contribution in [-0.2, 0) is 5.41 Å². The molecule has 0 aliphatic heterocycles. The van der Waals surface area contributed by atoms with Crippen molar-refractivity contribution in [2.24, 2.45) is 0 Å². The summed E-state index contributed by atoms with van der Waals surface area (Å²) in [7, 11) is 0. The van der Waals surface area contributed by atoms with Gasteiger partial charge in [0.05, 0.1) is 11.4 Å². The van der Waals surface area contributed by atoms with Gasteiger partial charge in [-0.05, 0) is 88.6 Å². The average Bonchev–Trinajstić information content (AvgIpc) is 3.49. The monoisotopic (exact) mass is 700 g/mol. The minimum atomic E-state index is -0.167. The molecule has 2 heteroatoms. The zero-order valence-corrected chi connectivity index (χ0v) is 30.7. The molecule has 9 aromatic carbocycles. The number of fused-ring (bicyclic) bond motifs is 8. The zero-order chi connectivity index (χ0) is 36.7. The molecule has 258 valence electrons. The molecule has 1 aliphatic carbocycles. The molecule has 0 unspecified atom stereocenters. The normalized spacial score (nSPS) is 13.1. The largest absolute Gasteiger partial charge is 0.228 e. The number of hydrogen-bond acceptors (Lipinski definition) is 2. The zero-order valence-electron chi connectivity index (χ0n) is 30.7. The van der Waals surface area contributed by atoms with Gasteiger partial charge in [0.2, 0.25) is 0 Å². The van der Waals surface area contributed by atoms with E-state index >= 15 is 0 Å². The summed E-state index contributed by atoms with van der Waals surface area (Å²) < 4.78 is 0. The van der Waals surface area contributed by atoms with E-state index in [1.807, 2.05) is 0 Å². The third-order valence-electron chi connectivity index (χ3n) is 11.9. The Kier molecular flexibility index (Phi) is 6.93. The van der Waals surface area contributed by atoms with Crippen molar-refractivity contribution in [3.63, 3.8) is 0 Å². The topological polar surface area (TPSA) is 25.8 Å². The highest BCUT2D eigenvalue weighted by Gasteiger charge is 2.38. The van der Waals surface area contributed by atoms with Crippen molar-refractivity contribution >= 4 is 43.1 Å². The molecule has 1 aliphatic rings. The third-order valence-corrected chi connectivity index (χ3v) is 11.9. The van der Waals surface area contributed by atoms with E-state index in [4.69, 9.17) is 9.97 Å². The molecule has 0 saturated heterocycles. The highest BCUT2D eigenvalue weighted by atomic mass is 14.9. The number of benzene rings is 9. The van der Waals surface area contributed by atoms with Crippen LogP contribution >= 0.6 is 0 Å². The molecule has 55 heavy (non-hydrogen) atoms. The molecular formula is C53H36N2. The maximum Gasteiger partial charge on any atom is 0.161 e. The van der Waals surface area contributed by atoms with E-state index in [9.17, 15) is 0 Å². The summed E-state index contributed by atoms with van der Waals surface area (Å²) in [6.45, 7) is 4.77. The van der Waals surface area contributed by atoms with Crippen LogP contribution in [0.5, 0.6) is 0 Å². The highest BCUT2D eigenvalue weighted by Crippen LogP contribution is 2.55. The Morgan fingerprint density at radius 2 is 0.927 bits per heavy atom. The molecule has 0 saturated carbocycles. The van der Waals surface area contributed by atoms with Gasteiger partial charge in [0, 0.05) is 22.1 Å². The number of rotatable bonds is 4. The molecular weight excluding hydrogens is 665 g/mol. The fraction of sp³-hybridized carbons (Fsp3) is 0.0566. The van der Waals surface area contributed by atoms with Gasteiger partial charge in [-0.15, -0.1) is 0 Å². The predicted molar refractivity (Wildman–Crippen MR) is 231 cm³/mol. The van der Waals surface area contributed by atoms with E-state index in [2.05, 4.69) is 196 Å². The fourth-order valence-corrected chi connectivity index (χ4v) is 9.26. The van der Waals surface area contributed by atoms with E-state index in [0.29, 0.717) is 0 Å². The molecule has 0 radical (unpaired) electrons. The minimum Gasteiger partial charge on any atom is -0.228 e. The standard InChI is InChI=1S/C53H36N2/c1-53(2)47-30-27-35-15-6-8-19-39(35)50(47)46-24-12-22-44(51(46)53)42-28-29-43(41-21-10-9-20-40(41)42)49-32-48(37-26-25-33-13-3-4-16-36(33)31-37)54-52(55-49)45-23-11-17-34-14-5-7-18-38(34)45/h3-32H,1-2H3. The van der Waals surface area contributed by atoms with Gasteiger partial charge in [0.15, 0.2) is 5.82 Å². The average molecular weight is 701 g/mol. The maximum absolute atomic E-state index is 5.39. The smallest absolute Gasteiger partial charge is 0.161 e. The Morgan fingerprint density at radius 1 is 0.364 bits per heavy atom. The minimum absolute atomic E-state index is 0.167. The number of hydrogen-bond donors (Lipinski definition) is 0. The first-order valence-electron chi connectivity index (χ1n) is 19.1. The molecule has 2 nitrogen and oxygen atoms in total. The second-order valence-corrected chi connectivity index (χ2v) is 15.3. The van der Waals surface area contributed by atoms with Crippen LogP contribution in [-0.4, -0.2) is 9.97 Å². The molecule has 0 amide bonds. The van der Waals surface area contributed by atoms with E-state index in [1.165, 1.54) is 71.1 Å². The van der Waals surface area contributed by atoms with Crippen LogP contribution in [0, 0.1) is 0 Å². The van der Waals surface area contributed by atoms with Crippen molar-refractivity contribution in [3.8, 4) is 56.2 Å². The van der Waals surface area contributed by atoms with Crippen LogP contribution in [0.15, 0.2) is 182 Å². The summed E-state index contributed by atoms with van der Waals surface area (Å²) in [5.41, 5.74) is 12.8. The van der Waals surface area contributed by atoms with Crippen molar-refractivity contribution < 1.29 is 0 Å². The van der Waals surface area contributed by atoms with E-state index in [1.54, 1.807) is 0 Å². The van der Waals surface area contributed by atoms with Crippen LogP contribution < -0.4 is 0 Å². The van der Waals surface area contributed by atoms with E-state index in [-0.39, 0.29) is 5.41 Å². The van der Waals surface area contributed by atoms with Crippen molar-refractivity contribution in [1.29, 1.82) is 0 Å². The Bertz CT molecular complexity index is 3180. The quantitative estimate of drug-likeness (QED) is 0.183. The molecule has 0 bridgehead atoms. The van der Waals surface area contributed by atoms with Crippen molar-refractivity contribution in [1.82, 2.24) is 9.97 Å². The maximum atomic E-state index is 5.39. The second-order valence-electron chi connectivity index (χ2n) is 15.3. The molecule has 0 atom stereocenters. The van der Waals surface area contributed by atoms with Crippen molar-refractivity contribution in [2.45, 2.75) is 19.3 Å². The lowest BCUT2D eigenvalue weighted by molar-refractivity contribution is 0.662. The lowest BCUT2D eigenvalue weighted by atomic mass is 9.78. The summed E-state index contributed by atoms with van der Waals surface area (Å²) >= 11 is 0. The van der Waals surface area contributed by atoms with Gasteiger partial charge < -0.3 is 0 Å². The molecule has 10 aromatic rings. The van der Waals surface area contributed by atoms with Gasteiger partial charge in [-0.2, -0.15) is 0 Å². The molecule has 0 N–H and O–H groups in total. The van der Waals surface area contributed by atoms with Gasteiger partial charge >= 0.3 is 0 Å². The Morgan fingerprint density at radius 3 is 1.75 bits per heavy atom. The Hall–Kier alpha value is -6.90. The van der Waals surface area contributed by atoms with Gasteiger partial charge in [0.1, 0.15) is 0 Å². The molecule has 1 heterocycles. The first-order valence-corrected chi connectivity index (χ1v) is 19.1. The molecule has 11 rings (SSSR count). The van der Waals surface area contributed by atoms with Crippen LogP contribution in [0.25, 0.3) is 99.2 Å². The van der Waals surface area contributed by atoms with Crippen LogP contribution in [0.4, 0.5) is 0 Å². The summed E-state index contributed by atoms with van der Waals surface area (Å²) in [5.74, 6) is 0.721. The van der Waals surface area contributed by atoms with Crippen LogP contribution in [0.2, 0.25) is 0 Å². The number of aromatic nitrogens is 2. The van der Waals surface area contributed by atoms with Crippen LogP contribution in [0.3, 0.4) is 0 Å². The van der Waals surface area contributed by atoms with Crippen molar-refractivity contribution in [3.05, 3.63) is 193 Å². The Balaban J connectivity index is 1.13. The molecule has 1 aromatic heterocycles. The molecule has 0 fully saturated rings. The van der Waals surface area contributed by atoms with Crippen molar-refractivity contribution in [2.75, 3.05) is 0 Å². The summed E-state index contributed by atoms with van der Waals surface area (Å²) in [4.78, 5) is 10.7. The third kappa shape index (κ3) is 4.88. The lowest BCUT2D eigenvalue weighted by Gasteiger charge is -2.25. The van der Waals surface area contributed by atoms with Gasteiger partial charge in [-0.3, -0.25) is 0 Å². The lowest BCUT2D eigenvalue weighted by Crippen LogP contribution is -2.16. The van der Waals surface area contributed by atoms with E-state index < -0.39 is 0 Å². The predicted octanol–water partition coefficient (Wildman–Crippen LogP) is 14.1. The van der Waals surface area contributed by atoms with Gasteiger partial charge in [0.25, 0.3) is 0 Å². The van der Waals surface area contributed by atoms with E-state index in [0.717, 1.165) is 39.3 Å². The second kappa shape index (κ2) is 12.1. The van der Waals surface area contributed by atoms with Gasteiger partial charge in [-0.25, -0.2) is 9.97 Å². The summed E-state index contributed by atoms with van der Waals surface area (Å²) in [6, 6.07) is 65.9. The first-order chi connectivity index (χ1) is 27.0. The van der Waals surface area contributed by atoms with Gasteiger partial charge in [-0.1, -0.05) is 184 Å². The summed E-state index contributed by atoms with van der Waals surface area (Å²) in [5, 5.41) is 9.69. The SMILES string of the molecule is CC1(C)c2ccc3ccccc3c2-c2cccc(-c3ccc(-c4cc(-c5ccc6ccccc6c5)nc(-c5cccc6ccccc56)n4)c4ccccc34)c21. The fourth-order valence-electron chi connectivity index (χ4n) is 9.26. The van der Waals surface area contributed by atoms with Crippen LogP contribution in [0.1, 0.15) is 25.0 Å². The first kappa shape index (κ1) is 31.6.